The van der Waals surface area contributed by atoms with Crippen LogP contribution < -0.4 is 15.9 Å². The van der Waals surface area contributed by atoms with Gasteiger partial charge < -0.3 is 0 Å². The number of benzene rings is 3. The summed E-state index contributed by atoms with van der Waals surface area (Å²) in [7, 11) is -1.97. The van der Waals surface area contributed by atoms with Gasteiger partial charge in [-0.25, -0.2) is 0 Å². The number of hydrogen-bond donors (Lipinski definition) is 0. The molecule has 3 rings (SSSR count). The highest BCUT2D eigenvalue weighted by Crippen LogP contribution is 2.54. The van der Waals surface area contributed by atoms with E-state index >= 15 is 0 Å². The molecule has 0 spiro atoms. The van der Waals surface area contributed by atoms with E-state index in [0.717, 1.165) is 0 Å². The molecule has 0 nitrogen and oxygen atoms in total. The van der Waals surface area contributed by atoms with Crippen LogP contribution >= 0.6 is 7.26 Å². The fourth-order valence-electron chi connectivity index (χ4n) is 2.82. The number of hydrogen-bond acceptors (Lipinski definition) is 0. The Morgan fingerprint density at radius 3 is 1.21 bits per heavy atom. The van der Waals surface area contributed by atoms with Crippen molar-refractivity contribution in [3.8, 4) is 11.6 Å². The number of rotatable bonds is 3. The highest BCUT2D eigenvalue weighted by Gasteiger charge is 2.44. The standard InChI is InChI=1S/C23H22P/c1-20(2)18-19-24(21-12-6-3-7-13-21,22-14-8-4-9-15-22)23-16-10-5-11-17-23/h3-17,20H,1-2H3/q+1. The Bertz CT molecular complexity index is 728. The van der Waals surface area contributed by atoms with Gasteiger partial charge in [0.25, 0.3) is 0 Å². The Hall–Kier alpha value is -2.35. The van der Waals surface area contributed by atoms with Crippen LogP contribution in [0.2, 0.25) is 0 Å². The Morgan fingerprint density at radius 2 is 0.917 bits per heavy atom. The summed E-state index contributed by atoms with van der Waals surface area (Å²) in [4.78, 5) is 0. The Balaban J connectivity index is 2.36. The van der Waals surface area contributed by atoms with Crippen LogP contribution in [0.15, 0.2) is 91.0 Å². The van der Waals surface area contributed by atoms with Gasteiger partial charge >= 0.3 is 0 Å². The van der Waals surface area contributed by atoms with Crippen LogP contribution in [0.4, 0.5) is 0 Å². The highest BCUT2D eigenvalue weighted by atomic mass is 31.2. The maximum absolute atomic E-state index is 3.74. The minimum absolute atomic E-state index is 0.348. The quantitative estimate of drug-likeness (QED) is 0.487. The van der Waals surface area contributed by atoms with E-state index in [-0.39, 0.29) is 0 Å². The van der Waals surface area contributed by atoms with Gasteiger partial charge in [0.15, 0.2) is 7.26 Å². The molecule has 118 valence electrons. The molecule has 0 heterocycles. The molecule has 0 aliphatic carbocycles. The monoisotopic (exact) mass is 329 g/mol. The molecular weight excluding hydrogens is 307 g/mol. The SMILES string of the molecule is CC(C)C#C[P+](c1ccccc1)(c1ccccc1)c1ccccc1. The van der Waals surface area contributed by atoms with Crippen molar-refractivity contribution in [2.45, 2.75) is 13.8 Å². The molecule has 0 aliphatic heterocycles. The molecule has 0 fully saturated rings. The van der Waals surface area contributed by atoms with Crippen molar-refractivity contribution in [2.75, 3.05) is 0 Å². The summed E-state index contributed by atoms with van der Waals surface area (Å²) in [5.41, 5.74) is 3.74. The van der Waals surface area contributed by atoms with Crippen LogP contribution in [0.3, 0.4) is 0 Å². The molecule has 0 radical (unpaired) electrons. The van der Waals surface area contributed by atoms with Gasteiger partial charge in [-0.3, -0.25) is 0 Å². The van der Waals surface area contributed by atoms with Crippen LogP contribution in [0.5, 0.6) is 0 Å². The minimum Gasteiger partial charge on any atom is -0.0620 e. The van der Waals surface area contributed by atoms with Crippen molar-refractivity contribution in [3.63, 3.8) is 0 Å². The summed E-state index contributed by atoms with van der Waals surface area (Å²) in [6, 6.07) is 32.3. The van der Waals surface area contributed by atoms with Gasteiger partial charge in [0.2, 0.25) is 0 Å². The first-order valence-electron chi connectivity index (χ1n) is 8.32. The van der Waals surface area contributed by atoms with Gasteiger partial charge in [0.05, 0.1) is 5.66 Å². The minimum atomic E-state index is -1.97. The first-order chi connectivity index (χ1) is 11.7. The molecule has 0 saturated carbocycles. The van der Waals surface area contributed by atoms with Crippen molar-refractivity contribution in [3.05, 3.63) is 91.0 Å². The predicted molar refractivity (Wildman–Crippen MR) is 108 cm³/mol. The molecule has 0 bridgehead atoms. The second-order valence-electron chi connectivity index (χ2n) is 6.09. The third-order valence-corrected chi connectivity index (χ3v) is 7.63. The van der Waals surface area contributed by atoms with E-state index in [2.05, 4.69) is 116 Å². The first-order valence-corrected chi connectivity index (χ1v) is 10.1. The predicted octanol–water partition coefficient (Wildman–Crippen LogP) is 4.60. The third kappa shape index (κ3) is 3.28. The average Bonchev–Trinajstić information content (AvgIpc) is 2.65. The fourth-order valence-corrected chi connectivity index (χ4v) is 6.41. The molecule has 3 aromatic rings. The van der Waals surface area contributed by atoms with E-state index in [4.69, 9.17) is 0 Å². The summed E-state index contributed by atoms with van der Waals surface area (Å²) < 4.78 is 0. The Kier molecular flexibility index (Phi) is 5.14. The van der Waals surface area contributed by atoms with E-state index in [1.807, 2.05) is 0 Å². The normalized spacial score (nSPS) is 11.0. The summed E-state index contributed by atoms with van der Waals surface area (Å²) in [6.45, 7) is 4.31. The van der Waals surface area contributed by atoms with E-state index in [1.165, 1.54) is 15.9 Å². The molecular formula is C23H22P+. The molecule has 0 N–H and O–H groups in total. The second kappa shape index (κ2) is 7.48. The van der Waals surface area contributed by atoms with E-state index < -0.39 is 7.26 Å². The zero-order chi connectivity index (χ0) is 16.8. The lowest BCUT2D eigenvalue weighted by Gasteiger charge is -2.21. The third-order valence-electron chi connectivity index (χ3n) is 3.95. The van der Waals surface area contributed by atoms with Crippen molar-refractivity contribution < 1.29 is 0 Å². The molecule has 3 aromatic carbocycles. The zero-order valence-electron chi connectivity index (χ0n) is 14.2. The summed E-state index contributed by atoms with van der Waals surface area (Å²) in [5, 5.41) is 3.95. The maximum atomic E-state index is 3.74. The molecule has 1 heteroatoms. The van der Waals surface area contributed by atoms with Crippen molar-refractivity contribution in [1.82, 2.24) is 0 Å². The lowest BCUT2D eigenvalue weighted by molar-refractivity contribution is 0.867. The molecule has 24 heavy (non-hydrogen) atoms. The first kappa shape index (κ1) is 16.5. The fraction of sp³-hybridized carbons (Fsp3) is 0.130. The van der Waals surface area contributed by atoms with Crippen LogP contribution in [-0.2, 0) is 0 Å². The zero-order valence-corrected chi connectivity index (χ0v) is 15.1. The topological polar surface area (TPSA) is 0 Å². The van der Waals surface area contributed by atoms with Crippen molar-refractivity contribution in [2.24, 2.45) is 5.92 Å². The van der Waals surface area contributed by atoms with Crippen LogP contribution in [0, 0.1) is 17.5 Å². The molecule has 0 aliphatic rings. The Labute approximate surface area is 145 Å². The van der Waals surface area contributed by atoms with Gasteiger partial charge in [0, 0.05) is 5.92 Å². The average molecular weight is 329 g/mol. The van der Waals surface area contributed by atoms with Crippen molar-refractivity contribution >= 4 is 23.2 Å². The maximum Gasteiger partial charge on any atom is 0.189 e. The molecule has 0 saturated heterocycles. The summed E-state index contributed by atoms with van der Waals surface area (Å²) in [6.07, 6.45) is 0. The lowest BCUT2D eigenvalue weighted by atomic mass is 10.2. The van der Waals surface area contributed by atoms with E-state index in [1.54, 1.807) is 0 Å². The lowest BCUT2D eigenvalue weighted by Crippen LogP contribution is -2.30. The second-order valence-corrected chi connectivity index (χ2v) is 9.20. The van der Waals surface area contributed by atoms with E-state index in [0.29, 0.717) is 5.92 Å². The highest BCUT2D eigenvalue weighted by molar-refractivity contribution is 7.99. The van der Waals surface area contributed by atoms with Crippen LogP contribution in [0.25, 0.3) is 0 Å². The van der Waals surface area contributed by atoms with Crippen LogP contribution in [-0.4, -0.2) is 0 Å². The molecule has 0 atom stereocenters. The van der Waals surface area contributed by atoms with Gasteiger partial charge in [-0.1, -0.05) is 74.4 Å². The summed E-state index contributed by atoms with van der Waals surface area (Å²) in [5.74, 6) is 3.83. The molecule has 0 aromatic heterocycles. The van der Waals surface area contributed by atoms with Gasteiger partial charge in [-0.2, -0.15) is 0 Å². The smallest absolute Gasteiger partial charge is 0.0620 e. The van der Waals surface area contributed by atoms with Crippen molar-refractivity contribution in [1.29, 1.82) is 0 Å². The van der Waals surface area contributed by atoms with Gasteiger partial charge in [-0.15, -0.1) is 0 Å². The van der Waals surface area contributed by atoms with Gasteiger partial charge in [-0.05, 0) is 36.4 Å². The molecule has 0 unspecified atom stereocenters. The van der Waals surface area contributed by atoms with Gasteiger partial charge in [0.1, 0.15) is 15.9 Å². The van der Waals surface area contributed by atoms with E-state index in [9.17, 15) is 0 Å². The summed E-state index contributed by atoms with van der Waals surface area (Å²) >= 11 is 0. The molecule has 0 amide bonds. The van der Waals surface area contributed by atoms with Crippen LogP contribution in [0.1, 0.15) is 13.8 Å². The largest absolute Gasteiger partial charge is 0.189 e. The Morgan fingerprint density at radius 1 is 0.583 bits per heavy atom.